The first-order valence-corrected chi connectivity index (χ1v) is 5.97. The van der Waals surface area contributed by atoms with Crippen LogP contribution in [0.5, 0.6) is 5.75 Å². The molecule has 1 aromatic carbocycles. The predicted molar refractivity (Wildman–Crippen MR) is 57.1 cm³/mol. The minimum atomic E-state index is -4.56. The zero-order valence-corrected chi connectivity index (χ0v) is 9.42. The molecular weight excluding hydrogens is 233 g/mol. The average Bonchev–Trinajstić information content (AvgIpc) is 2.15. The number of benzene rings is 1. The van der Waals surface area contributed by atoms with Crippen molar-refractivity contribution >= 4 is 13.6 Å². The number of nitrogens with two attached hydrogens (primary N) is 1. The van der Waals surface area contributed by atoms with Gasteiger partial charge < -0.3 is 10.3 Å². The Morgan fingerprint density at radius 3 is 2.25 bits per heavy atom. The van der Waals surface area contributed by atoms with Crippen molar-refractivity contribution in [2.75, 3.05) is 0 Å². The molecule has 16 heavy (non-hydrogen) atoms. The molecule has 0 bridgehead atoms. The fourth-order valence-electron chi connectivity index (χ4n) is 1.08. The van der Waals surface area contributed by atoms with E-state index in [2.05, 4.69) is 4.52 Å². The summed E-state index contributed by atoms with van der Waals surface area (Å²) in [6, 6.07) is 4.78. The number of ketones is 1. The van der Waals surface area contributed by atoms with Gasteiger partial charge in [-0.15, -0.1) is 0 Å². The molecule has 88 valence electrons. The topological polar surface area (TPSA) is 110 Å². The second-order valence-electron chi connectivity index (χ2n) is 3.26. The highest BCUT2D eigenvalue weighted by Crippen LogP contribution is 2.37. The highest BCUT2D eigenvalue weighted by molar-refractivity contribution is 7.46. The molecule has 1 atom stereocenters. The first-order valence-electron chi connectivity index (χ1n) is 4.44. The van der Waals surface area contributed by atoms with Crippen LogP contribution in [0.2, 0.25) is 0 Å². The maximum absolute atomic E-state index is 11.4. The highest BCUT2D eigenvalue weighted by atomic mass is 31.2. The molecule has 1 aromatic rings. The molecule has 0 aromatic heterocycles. The average molecular weight is 245 g/mol. The maximum Gasteiger partial charge on any atom is 0.524 e. The lowest BCUT2D eigenvalue weighted by atomic mass is 10.1. The summed E-state index contributed by atoms with van der Waals surface area (Å²) in [6.07, 6.45) is 0. The Morgan fingerprint density at radius 2 is 1.88 bits per heavy atom. The Hall–Kier alpha value is -1.20. The van der Waals surface area contributed by atoms with E-state index in [1.165, 1.54) is 24.3 Å². The van der Waals surface area contributed by atoms with E-state index in [0.29, 0.717) is 5.56 Å². The van der Waals surface area contributed by atoms with Crippen LogP contribution in [0.1, 0.15) is 17.3 Å². The summed E-state index contributed by atoms with van der Waals surface area (Å²) in [6.45, 7) is 1.56. The van der Waals surface area contributed by atoms with E-state index in [1.807, 2.05) is 0 Å². The van der Waals surface area contributed by atoms with Gasteiger partial charge in [0.25, 0.3) is 0 Å². The van der Waals surface area contributed by atoms with Gasteiger partial charge in [-0.05, 0) is 31.2 Å². The van der Waals surface area contributed by atoms with Gasteiger partial charge in [0, 0.05) is 5.56 Å². The molecule has 0 saturated carbocycles. The molecule has 0 amide bonds. The van der Waals surface area contributed by atoms with Gasteiger partial charge in [-0.1, -0.05) is 0 Å². The van der Waals surface area contributed by atoms with E-state index in [9.17, 15) is 9.36 Å². The zero-order chi connectivity index (χ0) is 12.3. The van der Waals surface area contributed by atoms with Crippen LogP contribution >= 0.6 is 7.82 Å². The van der Waals surface area contributed by atoms with Crippen molar-refractivity contribution in [3.8, 4) is 5.75 Å². The van der Waals surface area contributed by atoms with Crippen molar-refractivity contribution in [3.63, 3.8) is 0 Å². The molecule has 0 aliphatic carbocycles. The Labute approximate surface area is 92.3 Å². The number of carbonyl (C=O) groups is 1. The van der Waals surface area contributed by atoms with Gasteiger partial charge in [0.15, 0.2) is 5.78 Å². The lowest BCUT2D eigenvalue weighted by Gasteiger charge is -2.08. The van der Waals surface area contributed by atoms with Crippen molar-refractivity contribution in [3.05, 3.63) is 29.8 Å². The molecule has 0 heterocycles. The molecule has 0 spiro atoms. The van der Waals surface area contributed by atoms with Crippen molar-refractivity contribution in [2.45, 2.75) is 13.0 Å². The Morgan fingerprint density at radius 1 is 1.38 bits per heavy atom. The summed E-state index contributed by atoms with van der Waals surface area (Å²) >= 11 is 0. The third-order valence-corrected chi connectivity index (χ3v) is 2.23. The van der Waals surface area contributed by atoms with E-state index in [-0.39, 0.29) is 11.5 Å². The molecule has 0 unspecified atom stereocenters. The number of phosphoric ester groups is 1. The van der Waals surface area contributed by atoms with E-state index in [0.717, 1.165) is 0 Å². The van der Waals surface area contributed by atoms with Gasteiger partial charge in [-0.25, -0.2) is 4.57 Å². The SMILES string of the molecule is C[C@H](N)C(=O)c1ccc(OP(=O)(O)O)cc1. The van der Waals surface area contributed by atoms with Gasteiger partial charge in [-0.3, -0.25) is 14.6 Å². The van der Waals surface area contributed by atoms with E-state index in [4.69, 9.17) is 15.5 Å². The van der Waals surface area contributed by atoms with Gasteiger partial charge in [0.2, 0.25) is 0 Å². The standard InChI is InChI=1S/C9H12NO5P/c1-6(10)9(11)7-2-4-8(5-3-7)15-16(12,13)14/h2-6H,10H2,1H3,(H2,12,13,14)/t6-/m0/s1. The van der Waals surface area contributed by atoms with Crippen LogP contribution in [0.3, 0.4) is 0 Å². The number of phosphoric acid groups is 1. The summed E-state index contributed by atoms with van der Waals surface area (Å²) in [4.78, 5) is 28.5. The molecule has 0 radical (unpaired) electrons. The summed E-state index contributed by atoms with van der Waals surface area (Å²) in [5, 5.41) is 0. The number of rotatable bonds is 4. The first kappa shape index (κ1) is 12.9. The fourth-order valence-corrected chi connectivity index (χ4v) is 1.48. The third-order valence-electron chi connectivity index (χ3n) is 1.78. The van der Waals surface area contributed by atoms with Crippen LogP contribution in [0.25, 0.3) is 0 Å². The summed E-state index contributed by atoms with van der Waals surface area (Å²) < 4.78 is 14.8. The number of hydrogen-bond acceptors (Lipinski definition) is 4. The van der Waals surface area contributed by atoms with Gasteiger partial charge in [-0.2, -0.15) is 0 Å². The molecule has 7 heteroatoms. The van der Waals surface area contributed by atoms with E-state index in [1.54, 1.807) is 6.92 Å². The van der Waals surface area contributed by atoms with Crippen molar-refractivity contribution < 1.29 is 23.7 Å². The Balaban J connectivity index is 2.84. The molecule has 0 aliphatic heterocycles. The Bertz CT molecular complexity index is 422. The van der Waals surface area contributed by atoms with Crippen molar-refractivity contribution in [1.29, 1.82) is 0 Å². The van der Waals surface area contributed by atoms with Crippen LogP contribution in [-0.4, -0.2) is 21.6 Å². The second-order valence-corrected chi connectivity index (χ2v) is 4.42. The molecule has 0 fully saturated rings. The van der Waals surface area contributed by atoms with Crippen molar-refractivity contribution in [2.24, 2.45) is 5.73 Å². The lowest BCUT2D eigenvalue weighted by molar-refractivity contribution is 0.0968. The molecule has 1 rings (SSSR count). The first-order chi connectivity index (χ1) is 7.29. The summed E-state index contributed by atoms with van der Waals surface area (Å²) in [5.74, 6) is -0.253. The summed E-state index contributed by atoms with van der Waals surface area (Å²) in [5.41, 5.74) is 5.77. The summed E-state index contributed by atoms with van der Waals surface area (Å²) in [7, 11) is -4.56. The van der Waals surface area contributed by atoms with E-state index >= 15 is 0 Å². The largest absolute Gasteiger partial charge is 0.524 e. The predicted octanol–water partition coefficient (Wildman–Crippen LogP) is 0.688. The fraction of sp³-hybridized carbons (Fsp3) is 0.222. The smallest absolute Gasteiger partial charge is 0.404 e. The van der Waals surface area contributed by atoms with Gasteiger partial charge in [0.1, 0.15) is 5.75 Å². The normalized spacial score (nSPS) is 13.2. The third kappa shape index (κ3) is 3.75. The van der Waals surface area contributed by atoms with Crippen molar-refractivity contribution in [1.82, 2.24) is 0 Å². The number of Topliss-reactive ketones (excluding diaryl/α,β-unsaturated/α-hetero) is 1. The lowest BCUT2D eigenvalue weighted by Crippen LogP contribution is -2.26. The van der Waals surface area contributed by atoms with Gasteiger partial charge >= 0.3 is 7.82 Å². The Kier molecular flexibility index (Phi) is 3.83. The molecule has 6 nitrogen and oxygen atoms in total. The second kappa shape index (κ2) is 4.76. The molecule has 0 aliphatic rings. The minimum Gasteiger partial charge on any atom is -0.404 e. The molecule has 4 N–H and O–H groups in total. The minimum absolute atomic E-state index is 0.00504. The number of carbonyl (C=O) groups excluding carboxylic acids is 1. The van der Waals surface area contributed by atoms with Crippen LogP contribution in [0, 0.1) is 0 Å². The van der Waals surface area contributed by atoms with E-state index < -0.39 is 13.9 Å². The van der Waals surface area contributed by atoms with Gasteiger partial charge in [0.05, 0.1) is 6.04 Å². The monoisotopic (exact) mass is 245 g/mol. The zero-order valence-electron chi connectivity index (χ0n) is 8.53. The van der Waals surface area contributed by atoms with Crippen LogP contribution < -0.4 is 10.3 Å². The van der Waals surface area contributed by atoms with Crippen LogP contribution in [0.4, 0.5) is 0 Å². The van der Waals surface area contributed by atoms with Crippen LogP contribution in [0.15, 0.2) is 24.3 Å². The quantitative estimate of drug-likeness (QED) is 0.531. The molecule has 0 saturated heterocycles. The molecular formula is C9H12NO5P. The maximum atomic E-state index is 11.4. The highest BCUT2D eigenvalue weighted by Gasteiger charge is 2.16. The number of hydrogen-bond donors (Lipinski definition) is 3. The van der Waals surface area contributed by atoms with Crippen LogP contribution in [-0.2, 0) is 4.57 Å².